The monoisotopic (exact) mass is 808 g/mol. The molecule has 0 bridgehead atoms. The van der Waals surface area contributed by atoms with Gasteiger partial charge in [-0.3, -0.25) is 0 Å². The molecule has 308 valence electrons. The lowest BCUT2D eigenvalue weighted by molar-refractivity contribution is -0.203. The second-order valence-corrected chi connectivity index (χ2v) is 28.5. The normalized spacial score (nSPS) is 21.0. The molecule has 3 aromatic carbocycles. The van der Waals surface area contributed by atoms with E-state index < -0.39 is 28.4 Å². The van der Waals surface area contributed by atoms with Crippen molar-refractivity contribution in [3.8, 4) is 5.75 Å². The van der Waals surface area contributed by atoms with E-state index in [9.17, 15) is 4.79 Å². The number of esters is 1. The number of carbonyl (C=O) groups is 1. The molecule has 0 aromatic heterocycles. The average molecular weight is 809 g/mol. The van der Waals surface area contributed by atoms with Crippen LogP contribution < -0.4 is 15.1 Å². The fourth-order valence-electron chi connectivity index (χ4n) is 8.10. The molecule has 0 radical (unpaired) electrons. The number of ether oxygens (including phenoxy) is 3. The average Bonchev–Trinajstić information content (AvgIpc) is 3.13. The highest BCUT2D eigenvalue weighted by molar-refractivity contribution is 6.99. The Kier molecular flexibility index (Phi) is 14.1. The van der Waals surface area contributed by atoms with E-state index >= 15 is 0 Å². The van der Waals surface area contributed by atoms with Gasteiger partial charge in [-0.05, 0) is 100 Å². The van der Waals surface area contributed by atoms with Crippen molar-refractivity contribution >= 4 is 33.0 Å². The van der Waals surface area contributed by atoms with E-state index in [4.69, 9.17) is 23.1 Å². The van der Waals surface area contributed by atoms with E-state index in [-0.39, 0.29) is 22.1 Å². The summed E-state index contributed by atoms with van der Waals surface area (Å²) in [6, 6.07) is 29.9. The van der Waals surface area contributed by atoms with E-state index in [0.29, 0.717) is 30.6 Å². The molecule has 1 fully saturated rings. The van der Waals surface area contributed by atoms with Gasteiger partial charge in [-0.2, -0.15) is 0 Å². The predicted molar refractivity (Wildman–Crippen MR) is 239 cm³/mol. The van der Waals surface area contributed by atoms with Crippen LogP contribution in [-0.2, 0) is 29.5 Å². The van der Waals surface area contributed by atoms with Crippen molar-refractivity contribution in [1.29, 1.82) is 0 Å². The van der Waals surface area contributed by atoms with Gasteiger partial charge >= 0.3 is 5.97 Å². The molecule has 4 atom stereocenters. The number of hydrogen-bond donors (Lipinski definition) is 0. The first-order valence-corrected chi connectivity index (χ1v) is 25.6. The Balaban J connectivity index is 1.35. The summed E-state index contributed by atoms with van der Waals surface area (Å²) >= 11 is 0. The molecular weight excluding hydrogens is 741 g/mol. The second-order valence-electron chi connectivity index (χ2n) is 19.3. The number of rotatable bonds is 15. The molecule has 5 rings (SSSR count). The number of carbonyl (C=O) groups excluding carboxylic acids is 1. The molecule has 0 spiro atoms. The molecule has 6 nitrogen and oxygen atoms in total. The molecule has 1 saturated carbocycles. The molecule has 8 heteroatoms. The van der Waals surface area contributed by atoms with Crippen LogP contribution in [0, 0.1) is 17.8 Å². The van der Waals surface area contributed by atoms with Crippen LogP contribution in [0.4, 0.5) is 0 Å². The lowest BCUT2D eigenvalue weighted by atomic mass is 9.72. The first kappa shape index (κ1) is 44.4. The molecule has 0 N–H and O–H groups in total. The minimum Gasteiger partial charge on any atom is -0.486 e. The van der Waals surface area contributed by atoms with Crippen molar-refractivity contribution in [3.05, 3.63) is 127 Å². The van der Waals surface area contributed by atoms with Gasteiger partial charge in [-0.25, -0.2) is 4.79 Å². The van der Waals surface area contributed by atoms with Crippen LogP contribution in [0.5, 0.6) is 5.75 Å². The van der Waals surface area contributed by atoms with E-state index in [1.54, 1.807) is 13.8 Å². The summed E-state index contributed by atoms with van der Waals surface area (Å²) in [6.07, 6.45) is 9.03. The maximum Gasteiger partial charge on any atom is 0.337 e. The maximum atomic E-state index is 12.4. The van der Waals surface area contributed by atoms with Crippen LogP contribution in [-0.4, -0.2) is 47.7 Å². The maximum absolute atomic E-state index is 12.4. The number of benzene rings is 3. The highest BCUT2D eigenvalue weighted by Crippen LogP contribution is 2.42. The van der Waals surface area contributed by atoms with Gasteiger partial charge in [-0.1, -0.05) is 134 Å². The quantitative estimate of drug-likeness (QED) is 0.0866. The topological polar surface area (TPSA) is 63.2 Å². The van der Waals surface area contributed by atoms with E-state index in [1.807, 2.05) is 6.08 Å². The van der Waals surface area contributed by atoms with Gasteiger partial charge in [0.1, 0.15) is 17.6 Å². The van der Waals surface area contributed by atoms with Gasteiger partial charge in [0.2, 0.25) is 5.79 Å². The predicted octanol–water partition coefficient (Wildman–Crippen LogP) is 10.9. The third kappa shape index (κ3) is 11.3. The van der Waals surface area contributed by atoms with Gasteiger partial charge < -0.3 is 23.1 Å². The summed E-state index contributed by atoms with van der Waals surface area (Å²) < 4.78 is 32.3. The summed E-state index contributed by atoms with van der Waals surface area (Å²) in [5.41, 5.74) is 2.18. The van der Waals surface area contributed by atoms with Gasteiger partial charge in [0.05, 0.1) is 12.7 Å². The van der Waals surface area contributed by atoms with Crippen LogP contribution >= 0.6 is 0 Å². The fourth-order valence-corrected chi connectivity index (χ4v) is 13.7. The van der Waals surface area contributed by atoms with Crippen molar-refractivity contribution < 1.29 is 27.9 Å². The van der Waals surface area contributed by atoms with Crippen LogP contribution in [0.3, 0.4) is 0 Å². The standard InChI is InChI=1S/C49H68O6Si2/c1-36-23-29-44(39(32-36)35-51-56(11,12)47(3,4)5)45(30-28-41-33-46(50)55-49(9,10)54-41)53-40-26-24-38(25-27-40)31-37(2)34-52-57(48(6,7)8,42-19-15-13-16-20-42)43-21-17-14-18-22-43/h13-22,24-28,30,33,36,39,44-45H,2,23,29,31-32,34-35H2,1,3-12H3/b30-28+/t36-,39+,44-,45-/m1/s1. The molecule has 57 heavy (non-hydrogen) atoms. The zero-order chi connectivity index (χ0) is 41.6. The van der Waals surface area contributed by atoms with Crippen LogP contribution in [0.15, 0.2) is 121 Å². The largest absolute Gasteiger partial charge is 0.486 e. The smallest absolute Gasteiger partial charge is 0.337 e. The van der Waals surface area contributed by atoms with Gasteiger partial charge in [-0.15, -0.1) is 0 Å². The first-order chi connectivity index (χ1) is 26.7. The number of allylic oxidation sites excluding steroid dienone is 1. The summed E-state index contributed by atoms with van der Waals surface area (Å²) in [5, 5.41) is 2.55. The minimum atomic E-state index is -2.67. The molecule has 1 aliphatic carbocycles. The SMILES string of the molecule is C=C(CO[Si](c1ccccc1)(c1ccccc1)C(C)(C)C)Cc1ccc(O[C@H](/C=C/C2=CC(=O)OC(C)(C)O2)[C@@H]2CC[C@@H](C)C[C@H]2CO[Si](C)(C)C(C)(C)C)cc1. The third-order valence-electron chi connectivity index (χ3n) is 12.2. The summed E-state index contributed by atoms with van der Waals surface area (Å²) in [5.74, 6) is 0.992. The van der Waals surface area contributed by atoms with Crippen molar-refractivity contribution in [3.63, 3.8) is 0 Å². The third-order valence-corrected chi connectivity index (χ3v) is 21.7. The van der Waals surface area contributed by atoms with Gasteiger partial charge in [0.15, 0.2) is 8.32 Å². The molecular formula is C49H68O6Si2. The van der Waals surface area contributed by atoms with Crippen LogP contribution in [0.2, 0.25) is 23.2 Å². The minimum absolute atomic E-state index is 0.106. The Bertz CT molecular complexity index is 1810. The fraction of sp³-hybridized carbons (Fsp3) is 0.490. The summed E-state index contributed by atoms with van der Waals surface area (Å²) in [4.78, 5) is 12.4. The molecule has 0 saturated heterocycles. The van der Waals surface area contributed by atoms with Crippen LogP contribution in [0.25, 0.3) is 0 Å². The second kappa shape index (κ2) is 18.1. The van der Waals surface area contributed by atoms with Crippen molar-refractivity contribution in [2.24, 2.45) is 17.8 Å². The molecule has 1 heterocycles. The highest BCUT2D eigenvalue weighted by atomic mass is 28.4. The van der Waals surface area contributed by atoms with Gasteiger partial charge in [0.25, 0.3) is 8.32 Å². The lowest BCUT2D eigenvalue weighted by Crippen LogP contribution is -2.66. The summed E-state index contributed by atoms with van der Waals surface area (Å²) in [6.45, 7) is 30.0. The Morgan fingerprint density at radius 2 is 1.46 bits per heavy atom. The first-order valence-electron chi connectivity index (χ1n) is 20.8. The van der Waals surface area contributed by atoms with E-state index in [2.05, 4.69) is 159 Å². The number of hydrogen-bond acceptors (Lipinski definition) is 6. The van der Waals surface area contributed by atoms with Crippen molar-refractivity contribution in [2.75, 3.05) is 13.2 Å². The van der Waals surface area contributed by atoms with E-state index in [1.165, 1.54) is 16.4 Å². The molecule has 1 aliphatic heterocycles. The van der Waals surface area contributed by atoms with Crippen molar-refractivity contribution in [1.82, 2.24) is 0 Å². The zero-order valence-corrected chi connectivity index (χ0v) is 38.5. The van der Waals surface area contributed by atoms with Crippen molar-refractivity contribution in [2.45, 2.75) is 123 Å². The Morgan fingerprint density at radius 1 is 0.860 bits per heavy atom. The Morgan fingerprint density at radius 3 is 2.00 bits per heavy atom. The molecule has 0 amide bonds. The Labute approximate surface area is 346 Å². The molecule has 0 unspecified atom stereocenters. The lowest BCUT2D eigenvalue weighted by Gasteiger charge is -2.43. The van der Waals surface area contributed by atoms with Crippen LogP contribution in [0.1, 0.15) is 87.1 Å². The number of cyclic esters (lactones) is 1. The highest BCUT2D eigenvalue weighted by Gasteiger charge is 2.50. The van der Waals surface area contributed by atoms with E-state index in [0.717, 1.165) is 42.8 Å². The summed E-state index contributed by atoms with van der Waals surface area (Å²) in [7, 11) is -4.63. The van der Waals surface area contributed by atoms with Gasteiger partial charge in [0, 0.05) is 26.4 Å². The molecule has 2 aliphatic rings. The Hall–Kier alpha value is -3.70. The molecule has 3 aromatic rings. The zero-order valence-electron chi connectivity index (χ0n) is 36.5.